The molecule has 1 amide bonds. The smallest absolute Gasteiger partial charge is 0.234 e. The molecule has 1 rings (SSSR count). The van der Waals surface area contributed by atoms with Crippen LogP contribution in [0.15, 0.2) is 18.2 Å². The van der Waals surface area contributed by atoms with Gasteiger partial charge in [0, 0.05) is 6.54 Å². The standard InChI is InChI=1S/C16H26N2O3/c1-4-5-6-9-17-12-16(19)18-11-13-7-8-14(20-2)15(10-13)21-3/h7-8,10,17H,4-6,9,11-12H2,1-3H3,(H,18,19). The van der Waals surface area contributed by atoms with E-state index in [-0.39, 0.29) is 5.91 Å². The number of unbranched alkanes of at least 4 members (excludes halogenated alkanes) is 2. The van der Waals surface area contributed by atoms with E-state index in [4.69, 9.17) is 9.47 Å². The monoisotopic (exact) mass is 294 g/mol. The van der Waals surface area contributed by atoms with E-state index in [0.717, 1.165) is 18.5 Å². The van der Waals surface area contributed by atoms with E-state index >= 15 is 0 Å². The van der Waals surface area contributed by atoms with Crippen molar-refractivity contribution in [2.24, 2.45) is 0 Å². The average Bonchev–Trinajstić information content (AvgIpc) is 2.52. The Labute approximate surface area is 127 Å². The van der Waals surface area contributed by atoms with Crippen LogP contribution in [0.1, 0.15) is 31.7 Å². The first-order valence-electron chi connectivity index (χ1n) is 7.39. The molecule has 1 aromatic carbocycles. The molecule has 0 aliphatic rings. The molecule has 0 aliphatic heterocycles. The summed E-state index contributed by atoms with van der Waals surface area (Å²) in [4.78, 5) is 11.7. The largest absolute Gasteiger partial charge is 0.493 e. The molecule has 118 valence electrons. The predicted molar refractivity (Wildman–Crippen MR) is 83.8 cm³/mol. The lowest BCUT2D eigenvalue weighted by Gasteiger charge is -2.10. The number of hydrogen-bond acceptors (Lipinski definition) is 4. The van der Waals surface area contributed by atoms with E-state index < -0.39 is 0 Å². The van der Waals surface area contributed by atoms with Gasteiger partial charge in [-0.05, 0) is 30.7 Å². The normalized spacial score (nSPS) is 10.2. The van der Waals surface area contributed by atoms with Crippen molar-refractivity contribution < 1.29 is 14.3 Å². The molecule has 0 atom stereocenters. The van der Waals surface area contributed by atoms with Gasteiger partial charge in [0.05, 0.1) is 20.8 Å². The van der Waals surface area contributed by atoms with Gasteiger partial charge in [-0.3, -0.25) is 4.79 Å². The van der Waals surface area contributed by atoms with Gasteiger partial charge in [-0.15, -0.1) is 0 Å². The number of carbonyl (C=O) groups excluding carboxylic acids is 1. The van der Waals surface area contributed by atoms with Crippen LogP contribution < -0.4 is 20.1 Å². The summed E-state index contributed by atoms with van der Waals surface area (Å²) in [6, 6.07) is 5.62. The lowest BCUT2D eigenvalue weighted by Crippen LogP contribution is -2.33. The number of rotatable bonds is 10. The van der Waals surface area contributed by atoms with Gasteiger partial charge in [0.1, 0.15) is 0 Å². The first kappa shape index (κ1) is 17.3. The lowest BCUT2D eigenvalue weighted by atomic mass is 10.2. The topological polar surface area (TPSA) is 59.6 Å². The van der Waals surface area contributed by atoms with Crippen LogP contribution in [0.2, 0.25) is 0 Å². The first-order chi connectivity index (χ1) is 10.2. The molecule has 21 heavy (non-hydrogen) atoms. The Kier molecular flexibility index (Phi) is 8.28. The van der Waals surface area contributed by atoms with Crippen molar-refractivity contribution in [1.29, 1.82) is 0 Å². The maximum Gasteiger partial charge on any atom is 0.234 e. The fourth-order valence-electron chi connectivity index (χ4n) is 1.96. The number of ether oxygens (including phenoxy) is 2. The summed E-state index contributed by atoms with van der Waals surface area (Å²) in [6.45, 7) is 3.89. The van der Waals surface area contributed by atoms with Gasteiger partial charge in [0.2, 0.25) is 5.91 Å². The number of carbonyl (C=O) groups is 1. The number of amides is 1. The maximum atomic E-state index is 11.7. The highest BCUT2D eigenvalue weighted by Crippen LogP contribution is 2.27. The van der Waals surface area contributed by atoms with Crippen LogP contribution in [-0.2, 0) is 11.3 Å². The molecule has 0 aromatic heterocycles. The summed E-state index contributed by atoms with van der Waals surface area (Å²) in [6.07, 6.45) is 3.49. The van der Waals surface area contributed by atoms with E-state index in [0.29, 0.717) is 24.6 Å². The van der Waals surface area contributed by atoms with E-state index in [9.17, 15) is 4.79 Å². The second kappa shape index (κ2) is 10.0. The van der Waals surface area contributed by atoms with Crippen molar-refractivity contribution >= 4 is 5.91 Å². The summed E-state index contributed by atoms with van der Waals surface area (Å²) in [7, 11) is 3.20. The molecule has 0 radical (unpaired) electrons. The highest BCUT2D eigenvalue weighted by molar-refractivity contribution is 5.77. The molecule has 0 unspecified atom stereocenters. The minimum absolute atomic E-state index is 0.00119. The summed E-state index contributed by atoms with van der Waals surface area (Å²) >= 11 is 0. The summed E-state index contributed by atoms with van der Waals surface area (Å²) in [5, 5.41) is 6.02. The fraction of sp³-hybridized carbons (Fsp3) is 0.562. The number of hydrogen-bond donors (Lipinski definition) is 2. The van der Waals surface area contributed by atoms with Gasteiger partial charge < -0.3 is 20.1 Å². The van der Waals surface area contributed by atoms with E-state index in [1.54, 1.807) is 14.2 Å². The van der Waals surface area contributed by atoms with Gasteiger partial charge in [-0.25, -0.2) is 0 Å². The van der Waals surface area contributed by atoms with Crippen molar-refractivity contribution in [3.05, 3.63) is 23.8 Å². The predicted octanol–water partition coefficient (Wildman–Crippen LogP) is 2.10. The Morgan fingerprint density at radius 2 is 1.90 bits per heavy atom. The Morgan fingerprint density at radius 1 is 1.14 bits per heavy atom. The molecule has 1 aromatic rings. The molecule has 0 heterocycles. The van der Waals surface area contributed by atoms with Gasteiger partial charge in [-0.2, -0.15) is 0 Å². The second-order valence-electron chi connectivity index (χ2n) is 4.85. The fourth-order valence-corrected chi connectivity index (χ4v) is 1.96. The number of benzene rings is 1. The van der Waals surface area contributed by atoms with Crippen molar-refractivity contribution in [3.63, 3.8) is 0 Å². The Bertz CT molecular complexity index is 436. The molecule has 0 spiro atoms. The second-order valence-corrected chi connectivity index (χ2v) is 4.85. The minimum atomic E-state index is 0.00119. The zero-order valence-electron chi connectivity index (χ0n) is 13.2. The Hall–Kier alpha value is -1.75. The quantitative estimate of drug-likeness (QED) is 0.649. The SMILES string of the molecule is CCCCCNCC(=O)NCc1ccc(OC)c(OC)c1. The van der Waals surface area contributed by atoms with Gasteiger partial charge >= 0.3 is 0 Å². The maximum absolute atomic E-state index is 11.7. The third kappa shape index (κ3) is 6.49. The molecular formula is C16H26N2O3. The minimum Gasteiger partial charge on any atom is -0.493 e. The van der Waals surface area contributed by atoms with Crippen LogP contribution in [0.3, 0.4) is 0 Å². The van der Waals surface area contributed by atoms with Crippen LogP contribution in [0, 0.1) is 0 Å². The average molecular weight is 294 g/mol. The molecule has 2 N–H and O–H groups in total. The molecule has 0 saturated carbocycles. The Morgan fingerprint density at radius 3 is 2.57 bits per heavy atom. The summed E-state index contributed by atoms with van der Waals surface area (Å²) < 4.78 is 10.4. The third-order valence-corrected chi connectivity index (χ3v) is 3.18. The van der Waals surface area contributed by atoms with Crippen LogP contribution in [0.25, 0.3) is 0 Å². The van der Waals surface area contributed by atoms with Crippen molar-refractivity contribution in [1.82, 2.24) is 10.6 Å². The Balaban J connectivity index is 2.32. The molecule has 5 heteroatoms. The van der Waals surface area contributed by atoms with E-state index in [2.05, 4.69) is 17.6 Å². The lowest BCUT2D eigenvalue weighted by molar-refractivity contribution is -0.120. The van der Waals surface area contributed by atoms with Crippen LogP contribution >= 0.6 is 0 Å². The summed E-state index contributed by atoms with van der Waals surface area (Å²) in [5.41, 5.74) is 0.979. The molecular weight excluding hydrogens is 268 g/mol. The van der Waals surface area contributed by atoms with Crippen molar-refractivity contribution in [3.8, 4) is 11.5 Å². The zero-order chi connectivity index (χ0) is 15.5. The third-order valence-electron chi connectivity index (χ3n) is 3.18. The molecule has 5 nitrogen and oxygen atoms in total. The summed E-state index contributed by atoms with van der Waals surface area (Å²) in [5.74, 6) is 1.35. The number of nitrogens with one attached hydrogen (secondary N) is 2. The van der Waals surface area contributed by atoms with Crippen LogP contribution in [0.5, 0.6) is 11.5 Å². The van der Waals surface area contributed by atoms with Gasteiger partial charge in [0.15, 0.2) is 11.5 Å². The first-order valence-corrected chi connectivity index (χ1v) is 7.39. The van der Waals surface area contributed by atoms with Crippen molar-refractivity contribution in [2.75, 3.05) is 27.3 Å². The van der Waals surface area contributed by atoms with Crippen molar-refractivity contribution in [2.45, 2.75) is 32.7 Å². The molecule has 0 aliphatic carbocycles. The highest BCUT2D eigenvalue weighted by atomic mass is 16.5. The molecule has 0 saturated heterocycles. The van der Waals surface area contributed by atoms with E-state index in [1.165, 1.54) is 12.8 Å². The van der Waals surface area contributed by atoms with Gasteiger partial charge in [0.25, 0.3) is 0 Å². The van der Waals surface area contributed by atoms with Crippen LogP contribution in [0.4, 0.5) is 0 Å². The van der Waals surface area contributed by atoms with E-state index in [1.807, 2.05) is 18.2 Å². The zero-order valence-corrected chi connectivity index (χ0v) is 13.2. The molecule has 0 bridgehead atoms. The van der Waals surface area contributed by atoms with Gasteiger partial charge in [-0.1, -0.05) is 25.8 Å². The van der Waals surface area contributed by atoms with Crippen LogP contribution in [-0.4, -0.2) is 33.2 Å². The molecule has 0 fully saturated rings. The number of methoxy groups -OCH3 is 2. The highest BCUT2D eigenvalue weighted by Gasteiger charge is 2.06.